The normalized spacial score (nSPS) is 16.8. The second-order valence-corrected chi connectivity index (χ2v) is 8.79. The fourth-order valence-corrected chi connectivity index (χ4v) is 5.67. The lowest BCUT2D eigenvalue weighted by molar-refractivity contribution is 0.509. The predicted octanol–water partition coefficient (Wildman–Crippen LogP) is 3.49. The number of H-pyrrole nitrogens is 1. The molecule has 1 N–H and O–H groups in total. The van der Waals surface area contributed by atoms with Gasteiger partial charge in [0.1, 0.15) is 16.5 Å². The fraction of sp³-hybridized carbons (Fsp3) is 0.444. The molecule has 3 aromatic rings. The zero-order valence-corrected chi connectivity index (χ0v) is 16.5. The molecule has 26 heavy (non-hydrogen) atoms. The maximum absolute atomic E-state index is 12.7. The van der Waals surface area contributed by atoms with Gasteiger partial charge in [0.2, 0.25) is 0 Å². The van der Waals surface area contributed by atoms with Gasteiger partial charge in [-0.3, -0.25) is 4.79 Å². The van der Waals surface area contributed by atoms with Crippen molar-refractivity contribution in [3.63, 3.8) is 0 Å². The quantitative estimate of drug-likeness (QED) is 0.536. The van der Waals surface area contributed by atoms with E-state index >= 15 is 0 Å². The first kappa shape index (κ1) is 17.5. The molecular weight excluding hydrogens is 366 g/mol. The van der Waals surface area contributed by atoms with Crippen LogP contribution < -0.4 is 5.56 Å². The Morgan fingerprint density at radius 1 is 1.46 bits per heavy atom. The molecule has 3 heterocycles. The van der Waals surface area contributed by atoms with Crippen molar-refractivity contribution in [2.75, 3.05) is 0 Å². The zero-order valence-electron chi connectivity index (χ0n) is 14.9. The smallest absolute Gasteiger partial charge is 0.259 e. The van der Waals surface area contributed by atoms with Crippen LogP contribution in [-0.2, 0) is 25.1 Å². The van der Waals surface area contributed by atoms with Gasteiger partial charge in [0.15, 0.2) is 5.16 Å². The third-order valence-corrected chi connectivity index (χ3v) is 6.89. The molecule has 0 unspecified atom stereocenters. The van der Waals surface area contributed by atoms with Gasteiger partial charge >= 0.3 is 0 Å². The van der Waals surface area contributed by atoms with Crippen molar-refractivity contribution in [1.29, 1.82) is 0 Å². The molecule has 4 rings (SSSR count). The van der Waals surface area contributed by atoms with Gasteiger partial charge in [0.25, 0.3) is 5.56 Å². The summed E-state index contributed by atoms with van der Waals surface area (Å²) in [7, 11) is 0. The number of hydrogen-bond acceptors (Lipinski definition) is 6. The summed E-state index contributed by atoms with van der Waals surface area (Å²) in [5.74, 6) is 2.78. The molecule has 8 heteroatoms. The lowest BCUT2D eigenvalue weighted by Gasteiger charge is -2.17. The van der Waals surface area contributed by atoms with E-state index in [4.69, 9.17) is 4.98 Å². The van der Waals surface area contributed by atoms with Crippen molar-refractivity contribution in [3.05, 3.63) is 45.1 Å². The Bertz CT molecular complexity index is 1030. The number of aromatic amines is 1. The molecule has 0 amide bonds. The summed E-state index contributed by atoms with van der Waals surface area (Å²) in [5, 5.41) is 9.94. The molecule has 6 nitrogen and oxygen atoms in total. The SMILES string of the molecule is C=CCn1c(C)nnc1SCc1nc2sc3c(c2c(=O)[nH]1)CC[C@H](C)C3. The Kier molecular flexibility index (Phi) is 4.71. The summed E-state index contributed by atoms with van der Waals surface area (Å²) in [6.45, 7) is 8.63. The van der Waals surface area contributed by atoms with E-state index in [1.54, 1.807) is 11.3 Å². The number of thiophene rings is 1. The van der Waals surface area contributed by atoms with E-state index in [0.717, 1.165) is 40.5 Å². The van der Waals surface area contributed by atoms with Crippen molar-refractivity contribution >= 4 is 33.3 Å². The minimum Gasteiger partial charge on any atom is -0.309 e. The number of hydrogen-bond donors (Lipinski definition) is 1. The Morgan fingerprint density at radius 2 is 2.31 bits per heavy atom. The number of aromatic nitrogens is 5. The summed E-state index contributed by atoms with van der Waals surface area (Å²) in [4.78, 5) is 22.6. The molecule has 1 atom stereocenters. The lowest BCUT2D eigenvalue weighted by atomic mass is 9.89. The van der Waals surface area contributed by atoms with Gasteiger partial charge in [-0.1, -0.05) is 24.8 Å². The monoisotopic (exact) mass is 387 g/mol. The third-order valence-electron chi connectivity index (χ3n) is 4.77. The van der Waals surface area contributed by atoms with E-state index in [2.05, 4.69) is 28.7 Å². The van der Waals surface area contributed by atoms with E-state index in [9.17, 15) is 4.79 Å². The molecule has 0 saturated heterocycles. The number of thioether (sulfide) groups is 1. The molecule has 1 aliphatic rings. The molecule has 0 radical (unpaired) electrons. The lowest BCUT2D eigenvalue weighted by Crippen LogP contribution is -2.14. The van der Waals surface area contributed by atoms with Crippen molar-refractivity contribution in [3.8, 4) is 0 Å². The number of fused-ring (bicyclic) bond motifs is 3. The predicted molar refractivity (Wildman–Crippen MR) is 106 cm³/mol. The average molecular weight is 388 g/mol. The van der Waals surface area contributed by atoms with Crippen molar-refractivity contribution in [2.45, 2.75) is 50.6 Å². The number of allylic oxidation sites excluding steroid dienone is 1. The molecule has 0 bridgehead atoms. The molecule has 0 aromatic carbocycles. The van der Waals surface area contributed by atoms with Gasteiger partial charge in [-0.2, -0.15) is 0 Å². The van der Waals surface area contributed by atoms with Crippen LogP contribution in [0.3, 0.4) is 0 Å². The van der Waals surface area contributed by atoms with Gasteiger partial charge in [0, 0.05) is 11.4 Å². The van der Waals surface area contributed by atoms with Crippen LogP contribution >= 0.6 is 23.1 Å². The summed E-state index contributed by atoms with van der Waals surface area (Å²) in [5.41, 5.74) is 1.21. The maximum atomic E-state index is 12.7. The van der Waals surface area contributed by atoms with Crippen LogP contribution in [0, 0.1) is 12.8 Å². The maximum Gasteiger partial charge on any atom is 0.259 e. The van der Waals surface area contributed by atoms with Crippen LogP contribution in [-0.4, -0.2) is 24.7 Å². The summed E-state index contributed by atoms with van der Waals surface area (Å²) >= 11 is 3.21. The fourth-order valence-electron chi connectivity index (χ4n) is 3.40. The summed E-state index contributed by atoms with van der Waals surface area (Å²) in [6.07, 6.45) is 5.01. The Hall–Kier alpha value is -1.93. The van der Waals surface area contributed by atoms with E-state index in [1.165, 1.54) is 22.2 Å². The highest BCUT2D eigenvalue weighted by Crippen LogP contribution is 2.35. The van der Waals surface area contributed by atoms with Crippen LogP contribution in [0.25, 0.3) is 10.2 Å². The molecule has 3 aromatic heterocycles. The van der Waals surface area contributed by atoms with Crippen molar-refractivity contribution in [1.82, 2.24) is 24.7 Å². The van der Waals surface area contributed by atoms with Crippen LogP contribution in [0.1, 0.15) is 35.4 Å². The molecule has 136 valence electrons. The molecular formula is C18H21N5OS2. The Labute approximate surface area is 159 Å². The highest BCUT2D eigenvalue weighted by Gasteiger charge is 2.23. The first-order valence-electron chi connectivity index (χ1n) is 8.73. The number of rotatable bonds is 5. The average Bonchev–Trinajstić information content (AvgIpc) is 3.14. The Morgan fingerprint density at radius 3 is 3.12 bits per heavy atom. The molecule has 1 aliphatic carbocycles. The minimum atomic E-state index is -0.0126. The summed E-state index contributed by atoms with van der Waals surface area (Å²) in [6, 6.07) is 0. The van der Waals surface area contributed by atoms with E-state index in [0.29, 0.717) is 24.0 Å². The standard InChI is InChI=1S/C18H21N5OS2/c1-4-7-23-11(3)21-22-18(23)25-9-14-19-16(24)15-12-6-5-10(2)8-13(12)26-17(15)20-14/h4,10H,1,5-9H2,2-3H3,(H,19,20,24)/t10-/m0/s1. The second kappa shape index (κ2) is 7.00. The van der Waals surface area contributed by atoms with Gasteiger partial charge in [-0.05, 0) is 37.7 Å². The van der Waals surface area contributed by atoms with E-state index < -0.39 is 0 Å². The summed E-state index contributed by atoms with van der Waals surface area (Å²) < 4.78 is 2.00. The molecule has 0 spiro atoms. The van der Waals surface area contributed by atoms with E-state index in [1.807, 2.05) is 17.6 Å². The van der Waals surface area contributed by atoms with Gasteiger partial charge in [-0.15, -0.1) is 28.1 Å². The van der Waals surface area contributed by atoms with Crippen molar-refractivity contribution in [2.24, 2.45) is 5.92 Å². The molecule has 0 aliphatic heterocycles. The first-order chi connectivity index (χ1) is 12.6. The topological polar surface area (TPSA) is 76.5 Å². The highest BCUT2D eigenvalue weighted by molar-refractivity contribution is 7.98. The largest absolute Gasteiger partial charge is 0.309 e. The van der Waals surface area contributed by atoms with Gasteiger partial charge in [0.05, 0.1) is 11.1 Å². The van der Waals surface area contributed by atoms with E-state index in [-0.39, 0.29) is 5.56 Å². The third kappa shape index (κ3) is 3.12. The van der Waals surface area contributed by atoms with Crippen LogP contribution in [0.2, 0.25) is 0 Å². The van der Waals surface area contributed by atoms with Crippen molar-refractivity contribution < 1.29 is 0 Å². The van der Waals surface area contributed by atoms with Crippen LogP contribution in [0.4, 0.5) is 0 Å². The number of nitrogens with zero attached hydrogens (tertiary/aromatic N) is 4. The molecule has 0 saturated carbocycles. The highest BCUT2D eigenvalue weighted by atomic mass is 32.2. The first-order valence-corrected chi connectivity index (χ1v) is 10.5. The molecule has 0 fully saturated rings. The number of aryl methyl sites for hydroxylation is 2. The zero-order chi connectivity index (χ0) is 18.3. The van der Waals surface area contributed by atoms with Gasteiger partial charge in [-0.25, -0.2) is 4.98 Å². The van der Waals surface area contributed by atoms with Gasteiger partial charge < -0.3 is 9.55 Å². The minimum absolute atomic E-state index is 0.0126. The Balaban J connectivity index is 1.62. The second-order valence-electron chi connectivity index (χ2n) is 6.76. The van der Waals surface area contributed by atoms with Crippen LogP contribution in [0.5, 0.6) is 0 Å². The number of nitrogens with one attached hydrogen (secondary N) is 1. The van der Waals surface area contributed by atoms with Crippen LogP contribution in [0.15, 0.2) is 22.6 Å².